The van der Waals surface area contributed by atoms with Crippen molar-refractivity contribution in [2.45, 2.75) is 67.3 Å². The van der Waals surface area contributed by atoms with E-state index in [4.69, 9.17) is 19.0 Å². The lowest BCUT2D eigenvalue weighted by molar-refractivity contribution is -0.355. The van der Waals surface area contributed by atoms with Crippen LogP contribution < -0.4 is 0 Å². The van der Waals surface area contributed by atoms with Gasteiger partial charge in [-0.1, -0.05) is 5.16 Å². The number of ether oxygens (including phenoxy) is 3. The molecule has 0 aromatic heterocycles. The predicted molar refractivity (Wildman–Crippen MR) is 79.5 cm³/mol. The van der Waals surface area contributed by atoms with E-state index < -0.39 is 67.5 Å². The molecule has 0 aromatic carbocycles. The number of aliphatic hydroxyl groups excluding tert-OH is 7. The first-order chi connectivity index (χ1) is 12.3. The molecule has 3 heterocycles. The van der Waals surface area contributed by atoms with Gasteiger partial charge in [0.2, 0.25) is 0 Å². The molecule has 3 aliphatic rings. The van der Waals surface area contributed by atoms with Crippen LogP contribution in [0, 0.1) is 0 Å². The van der Waals surface area contributed by atoms with Gasteiger partial charge >= 0.3 is 0 Å². The van der Waals surface area contributed by atoms with Gasteiger partial charge in [-0.05, 0) is 0 Å². The standard InChI is InChI=1S/C14H23NO11/c1-23-13-10(21)7(18)8(19)11(24-13)4-2-14(26-15-4)12(22)9(20)6(17)5(3-16)25-14/h5-13,16-22H,2-3H2,1H3/t5-,6-,7+,8+,9+,10-,11-,12-,13+,14-/m1/s1. The quantitative estimate of drug-likeness (QED) is 0.249. The fraction of sp³-hybridized carbons (Fsp3) is 0.929. The third-order valence-electron chi connectivity index (χ3n) is 4.91. The number of oxime groups is 1. The van der Waals surface area contributed by atoms with E-state index in [1.807, 2.05) is 0 Å². The SMILES string of the molecule is CO[C@H]1O[C@H](C2=NO[C@@]3(C2)O[C@H](CO)[C@@H](O)[C@H](O)[C@H]3O)[C@@H](O)[C@H](O)[C@H]1O. The molecule has 150 valence electrons. The van der Waals surface area contributed by atoms with Crippen molar-refractivity contribution >= 4 is 5.71 Å². The Kier molecular flexibility index (Phi) is 5.52. The fourth-order valence-electron chi connectivity index (χ4n) is 3.35. The Balaban J connectivity index is 1.78. The highest BCUT2D eigenvalue weighted by Crippen LogP contribution is 2.39. The van der Waals surface area contributed by atoms with Crippen molar-refractivity contribution in [2.24, 2.45) is 5.16 Å². The van der Waals surface area contributed by atoms with Crippen molar-refractivity contribution in [3.63, 3.8) is 0 Å². The Labute approximate surface area is 147 Å². The van der Waals surface area contributed by atoms with Gasteiger partial charge in [0.05, 0.1) is 18.7 Å². The molecule has 0 bridgehead atoms. The largest absolute Gasteiger partial charge is 0.394 e. The summed E-state index contributed by atoms with van der Waals surface area (Å²) in [6.45, 7) is -0.648. The number of hydrogen-bond donors (Lipinski definition) is 7. The first-order valence-electron chi connectivity index (χ1n) is 8.06. The molecule has 0 saturated carbocycles. The molecule has 7 N–H and O–H groups in total. The van der Waals surface area contributed by atoms with Crippen LogP contribution in [-0.4, -0.2) is 116 Å². The van der Waals surface area contributed by atoms with Crippen molar-refractivity contribution < 1.29 is 54.8 Å². The summed E-state index contributed by atoms with van der Waals surface area (Å²) in [5, 5.41) is 73.0. The van der Waals surface area contributed by atoms with Gasteiger partial charge in [0.1, 0.15) is 42.7 Å². The number of hydrogen-bond acceptors (Lipinski definition) is 12. The van der Waals surface area contributed by atoms with Crippen LogP contribution in [0.5, 0.6) is 0 Å². The van der Waals surface area contributed by atoms with E-state index in [-0.39, 0.29) is 12.1 Å². The highest BCUT2D eigenvalue weighted by molar-refractivity contribution is 5.91. The Bertz CT molecular complexity index is 543. The number of rotatable bonds is 3. The van der Waals surface area contributed by atoms with Gasteiger partial charge in [0.25, 0.3) is 5.79 Å². The highest BCUT2D eigenvalue weighted by atomic mass is 16.8. The second-order valence-electron chi connectivity index (χ2n) is 6.56. The fourth-order valence-corrected chi connectivity index (χ4v) is 3.35. The Hall–Kier alpha value is -0.930. The lowest BCUT2D eigenvalue weighted by atomic mass is 9.87. The molecule has 0 radical (unpaired) electrons. The van der Waals surface area contributed by atoms with Gasteiger partial charge in [-0.25, -0.2) is 0 Å². The highest BCUT2D eigenvalue weighted by Gasteiger charge is 2.60. The Morgan fingerprint density at radius 3 is 2.35 bits per heavy atom. The third-order valence-corrected chi connectivity index (χ3v) is 4.91. The molecule has 26 heavy (non-hydrogen) atoms. The zero-order chi connectivity index (χ0) is 19.2. The molecule has 0 unspecified atom stereocenters. The maximum atomic E-state index is 10.3. The summed E-state index contributed by atoms with van der Waals surface area (Å²) in [6.07, 6.45) is -13.6. The van der Waals surface area contributed by atoms with Crippen molar-refractivity contribution in [2.75, 3.05) is 13.7 Å². The number of methoxy groups -OCH3 is 1. The summed E-state index contributed by atoms with van der Waals surface area (Å²) in [5.74, 6) is -1.91. The summed E-state index contributed by atoms with van der Waals surface area (Å²) >= 11 is 0. The smallest absolute Gasteiger partial charge is 0.271 e. The molecule has 2 fully saturated rings. The summed E-state index contributed by atoms with van der Waals surface area (Å²) in [4.78, 5) is 5.15. The molecule has 1 spiro atoms. The second kappa shape index (κ2) is 7.24. The average Bonchev–Trinajstić information content (AvgIpc) is 3.06. The van der Waals surface area contributed by atoms with Gasteiger partial charge in [-0.3, -0.25) is 0 Å². The van der Waals surface area contributed by atoms with Crippen LogP contribution >= 0.6 is 0 Å². The van der Waals surface area contributed by atoms with E-state index in [2.05, 4.69) is 5.16 Å². The zero-order valence-corrected chi connectivity index (χ0v) is 13.8. The molecule has 10 atom stereocenters. The van der Waals surface area contributed by atoms with Crippen molar-refractivity contribution in [1.29, 1.82) is 0 Å². The van der Waals surface area contributed by atoms with Crippen LogP contribution in [0.4, 0.5) is 0 Å². The van der Waals surface area contributed by atoms with Crippen LogP contribution in [0.2, 0.25) is 0 Å². The number of aliphatic hydroxyl groups is 7. The summed E-state index contributed by atoms with van der Waals surface area (Å²) < 4.78 is 15.7. The van der Waals surface area contributed by atoms with E-state index >= 15 is 0 Å². The maximum absolute atomic E-state index is 10.3. The van der Waals surface area contributed by atoms with E-state index in [1.165, 1.54) is 7.11 Å². The van der Waals surface area contributed by atoms with Gasteiger partial charge in [0, 0.05) is 7.11 Å². The lowest BCUT2D eigenvalue weighted by Gasteiger charge is -2.44. The van der Waals surface area contributed by atoms with Crippen LogP contribution in [0.3, 0.4) is 0 Å². The molecule has 12 nitrogen and oxygen atoms in total. The average molecular weight is 381 g/mol. The third kappa shape index (κ3) is 3.01. The van der Waals surface area contributed by atoms with E-state index in [1.54, 1.807) is 0 Å². The first-order valence-corrected chi connectivity index (χ1v) is 8.06. The first kappa shape index (κ1) is 19.8. The topological polar surface area (TPSA) is 191 Å². The van der Waals surface area contributed by atoms with E-state index in [0.29, 0.717) is 0 Å². The predicted octanol–water partition coefficient (Wildman–Crippen LogP) is -4.61. The van der Waals surface area contributed by atoms with Crippen molar-refractivity contribution in [1.82, 2.24) is 0 Å². The summed E-state index contributed by atoms with van der Waals surface area (Å²) in [6, 6.07) is 0. The van der Waals surface area contributed by atoms with Crippen LogP contribution in [0.25, 0.3) is 0 Å². The summed E-state index contributed by atoms with van der Waals surface area (Å²) in [5.41, 5.74) is 0.0184. The van der Waals surface area contributed by atoms with Gasteiger partial charge < -0.3 is 54.8 Å². The lowest BCUT2D eigenvalue weighted by Crippen LogP contribution is -2.66. The van der Waals surface area contributed by atoms with E-state index in [0.717, 1.165) is 0 Å². The summed E-state index contributed by atoms with van der Waals surface area (Å²) in [7, 11) is 1.24. The molecule has 3 aliphatic heterocycles. The van der Waals surface area contributed by atoms with Crippen LogP contribution in [0.15, 0.2) is 5.16 Å². The minimum Gasteiger partial charge on any atom is -0.394 e. The Morgan fingerprint density at radius 2 is 1.73 bits per heavy atom. The molecule has 3 rings (SSSR count). The monoisotopic (exact) mass is 381 g/mol. The normalized spacial score (nSPS) is 52.0. The molecule has 2 saturated heterocycles. The van der Waals surface area contributed by atoms with Gasteiger partial charge in [-0.15, -0.1) is 0 Å². The van der Waals surface area contributed by atoms with E-state index in [9.17, 15) is 35.7 Å². The minimum absolute atomic E-state index is 0.0184. The van der Waals surface area contributed by atoms with Gasteiger partial charge in [-0.2, -0.15) is 0 Å². The number of nitrogens with zero attached hydrogens (tertiary/aromatic N) is 1. The minimum atomic E-state index is -1.91. The van der Waals surface area contributed by atoms with Crippen LogP contribution in [0.1, 0.15) is 6.42 Å². The molecule has 0 aromatic rings. The molecular weight excluding hydrogens is 358 g/mol. The molecule has 12 heteroatoms. The zero-order valence-electron chi connectivity index (χ0n) is 13.8. The molecule has 0 amide bonds. The molecule has 0 aliphatic carbocycles. The Morgan fingerprint density at radius 1 is 1.04 bits per heavy atom. The molecular formula is C14H23NO11. The van der Waals surface area contributed by atoms with Crippen molar-refractivity contribution in [3.05, 3.63) is 0 Å². The van der Waals surface area contributed by atoms with Gasteiger partial charge in [0.15, 0.2) is 12.4 Å². The maximum Gasteiger partial charge on any atom is 0.271 e. The second-order valence-corrected chi connectivity index (χ2v) is 6.56. The van der Waals surface area contributed by atoms with Crippen molar-refractivity contribution in [3.8, 4) is 0 Å². The van der Waals surface area contributed by atoms with Crippen LogP contribution in [-0.2, 0) is 19.0 Å².